The van der Waals surface area contributed by atoms with E-state index in [0.717, 1.165) is 23.0 Å². The van der Waals surface area contributed by atoms with E-state index < -0.39 is 16.1 Å². The number of methoxy groups -OCH3 is 1. The highest BCUT2D eigenvalue weighted by Gasteiger charge is 2.27. The van der Waals surface area contributed by atoms with E-state index >= 15 is 0 Å². The Balaban J connectivity index is 1.74. The van der Waals surface area contributed by atoms with Crippen LogP contribution in [0.3, 0.4) is 0 Å². The quantitative estimate of drug-likeness (QED) is 0.390. The van der Waals surface area contributed by atoms with E-state index in [2.05, 4.69) is 10.2 Å². The zero-order valence-electron chi connectivity index (χ0n) is 18.2. The Morgan fingerprint density at radius 2 is 1.85 bits per heavy atom. The molecule has 5 rings (SSSR count). The van der Waals surface area contributed by atoms with Crippen molar-refractivity contribution >= 4 is 31.8 Å². The summed E-state index contributed by atoms with van der Waals surface area (Å²) in [6.07, 6.45) is -0.413. The molecule has 168 valence electrons. The number of aliphatic hydroxyl groups excluding tert-OH is 1. The van der Waals surface area contributed by atoms with Crippen LogP contribution in [0.2, 0.25) is 0 Å². The van der Waals surface area contributed by atoms with Gasteiger partial charge in [0.05, 0.1) is 28.7 Å². The third-order valence-corrected chi connectivity index (χ3v) is 7.64. The molecule has 0 saturated carbocycles. The summed E-state index contributed by atoms with van der Waals surface area (Å²) in [4.78, 5) is 0.144. The largest absolute Gasteiger partial charge is 0.497 e. The van der Waals surface area contributed by atoms with Crippen LogP contribution in [-0.2, 0) is 16.4 Å². The number of ether oxygens (including phenoxy) is 1. The van der Waals surface area contributed by atoms with E-state index in [4.69, 9.17) is 4.74 Å². The highest BCUT2D eigenvalue weighted by atomic mass is 32.2. The first kappa shape index (κ1) is 21.2. The monoisotopic (exact) mass is 461 g/mol. The minimum absolute atomic E-state index is 0.144. The predicted octanol–water partition coefficient (Wildman–Crippen LogP) is 4.41. The molecule has 0 fully saturated rings. The molecule has 0 bridgehead atoms. The standard InChI is InChI=1S/C25H23N3O4S/c1-3-21-20-14-16(9-11-22(20)27-26-21)25(29)24-15-17-13-18(32-2)10-12-23(17)28(24)33(30,31)19-7-5-4-6-8-19/h4-15,25,29H,3H2,1-2H3,(H,26,27). The number of fused-ring (bicyclic) bond motifs is 2. The molecule has 5 aromatic rings. The van der Waals surface area contributed by atoms with Gasteiger partial charge in [-0.25, -0.2) is 12.4 Å². The van der Waals surface area contributed by atoms with Crippen molar-refractivity contribution in [1.29, 1.82) is 0 Å². The minimum atomic E-state index is -3.97. The van der Waals surface area contributed by atoms with Gasteiger partial charge in [0, 0.05) is 16.5 Å². The number of aromatic amines is 1. The van der Waals surface area contributed by atoms with Crippen LogP contribution in [-0.4, -0.2) is 34.8 Å². The van der Waals surface area contributed by atoms with Gasteiger partial charge in [-0.3, -0.25) is 5.10 Å². The van der Waals surface area contributed by atoms with Crippen molar-refractivity contribution in [3.05, 3.63) is 89.7 Å². The molecule has 2 aromatic heterocycles. The van der Waals surface area contributed by atoms with Gasteiger partial charge in [0.25, 0.3) is 10.0 Å². The average Bonchev–Trinajstić information content (AvgIpc) is 3.44. The van der Waals surface area contributed by atoms with Crippen molar-refractivity contribution in [2.24, 2.45) is 0 Å². The summed E-state index contributed by atoms with van der Waals surface area (Å²) in [5.74, 6) is 0.602. The van der Waals surface area contributed by atoms with Gasteiger partial charge in [-0.2, -0.15) is 5.10 Å². The van der Waals surface area contributed by atoms with Crippen molar-refractivity contribution in [3.8, 4) is 5.75 Å². The lowest BCUT2D eigenvalue weighted by Gasteiger charge is -2.17. The number of hydrogen-bond acceptors (Lipinski definition) is 5. The minimum Gasteiger partial charge on any atom is -0.497 e. The van der Waals surface area contributed by atoms with E-state index in [9.17, 15) is 13.5 Å². The van der Waals surface area contributed by atoms with Gasteiger partial charge in [0.15, 0.2) is 0 Å². The molecule has 7 nitrogen and oxygen atoms in total. The molecule has 0 spiro atoms. The van der Waals surface area contributed by atoms with Crippen LogP contribution in [0.15, 0.2) is 77.7 Å². The first-order valence-electron chi connectivity index (χ1n) is 10.6. The Morgan fingerprint density at radius 1 is 1.06 bits per heavy atom. The summed E-state index contributed by atoms with van der Waals surface area (Å²) in [7, 11) is -2.42. The molecule has 2 heterocycles. The van der Waals surface area contributed by atoms with Gasteiger partial charge in [-0.05, 0) is 60.5 Å². The van der Waals surface area contributed by atoms with Crippen molar-refractivity contribution in [3.63, 3.8) is 0 Å². The zero-order valence-corrected chi connectivity index (χ0v) is 19.0. The average molecular weight is 462 g/mol. The van der Waals surface area contributed by atoms with Crippen LogP contribution >= 0.6 is 0 Å². The Hall–Kier alpha value is -3.62. The van der Waals surface area contributed by atoms with Gasteiger partial charge in [-0.15, -0.1) is 0 Å². The molecule has 0 saturated heterocycles. The summed E-state index contributed by atoms with van der Waals surface area (Å²) in [5, 5.41) is 20.3. The summed E-state index contributed by atoms with van der Waals surface area (Å²) in [5.41, 5.74) is 3.06. The van der Waals surface area contributed by atoms with Gasteiger partial charge in [-0.1, -0.05) is 31.2 Å². The first-order chi connectivity index (χ1) is 15.9. The maximum atomic E-state index is 13.7. The van der Waals surface area contributed by atoms with E-state index in [1.807, 2.05) is 19.1 Å². The lowest BCUT2D eigenvalue weighted by molar-refractivity contribution is 0.215. The highest BCUT2D eigenvalue weighted by molar-refractivity contribution is 7.90. The Kier molecular flexibility index (Phi) is 5.19. The fourth-order valence-electron chi connectivity index (χ4n) is 4.16. The smallest absolute Gasteiger partial charge is 0.268 e. The number of nitrogens with one attached hydrogen (secondary N) is 1. The molecular weight excluding hydrogens is 438 g/mol. The van der Waals surface area contributed by atoms with Crippen molar-refractivity contribution in [1.82, 2.24) is 14.2 Å². The lowest BCUT2D eigenvalue weighted by atomic mass is 10.0. The lowest BCUT2D eigenvalue weighted by Crippen LogP contribution is -2.18. The molecule has 3 aromatic carbocycles. The van der Waals surface area contributed by atoms with Crippen molar-refractivity contribution < 1.29 is 18.3 Å². The van der Waals surface area contributed by atoms with E-state index in [1.54, 1.807) is 67.8 Å². The fraction of sp³-hybridized carbons (Fsp3) is 0.160. The summed E-state index contributed by atoms with van der Waals surface area (Å²) < 4.78 is 33.9. The second-order valence-corrected chi connectivity index (χ2v) is 9.60. The molecule has 8 heteroatoms. The van der Waals surface area contributed by atoms with Crippen LogP contribution in [0.1, 0.15) is 30.0 Å². The van der Waals surface area contributed by atoms with Crippen LogP contribution < -0.4 is 4.74 Å². The molecule has 0 radical (unpaired) electrons. The number of aliphatic hydroxyl groups is 1. The Labute approximate surface area is 191 Å². The third kappa shape index (κ3) is 3.48. The second-order valence-electron chi connectivity index (χ2n) is 7.81. The summed E-state index contributed by atoms with van der Waals surface area (Å²) in [6.45, 7) is 2.02. The molecule has 1 atom stereocenters. The SMILES string of the molecule is CCc1[nH]nc2ccc(C(O)c3cc4cc(OC)ccc4n3S(=O)(=O)c3ccccc3)cc12. The van der Waals surface area contributed by atoms with Gasteiger partial charge in [0.2, 0.25) is 0 Å². The predicted molar refractivity (Wildman–Crippen MR) is 127 cm³/mol. The molecule has 0 aliphatic heterocycles. The highest BCUT2D eigenvalue weighted by Crippen LogP contribution is 2.34. The number of aromatic nitrogens is 3. The van der Waals surface area contributed by atoms with Crippen LogP contribution in [0.4, 0.5) is 0 Å². The Morgan fingerprint density at radius 3 is 2.58 bits per heavy atom. The number of H-pyrrole nitrogens is 1. The first-order valence-corrected chi connectivity index (χ1v) is 12.0. The molecule has 33 heavy (non-hydrogen) atoms. The summed E-state index contributed by atoms with van der Waals surface area (Å²) in [6, 6.07) is 20.5. The molecular formula is C25H23N3O4S. The maximum absolute atomic E-state index is 13.7. The number of benzene rings is 3. The Bertz CT molecular complexity index is 1570. The van der Waals surface area contributed by atoms with Gasteiger partial charge < -0.3 is 9.84 Å². The normalized spacial score (nSPS) is 12.9. The zero-order chi connectivity index (χ0) is 23.2. The van der Waals surface area contributed by atoms with Crippen molar-refractivity contribution in [2.45, 2.75) is 24.3 Å². The topological polar surface area (TPSA) is 97.2 Å². The molecule has 0 amide bonds. The molecule has 0 aliphatic carbocycles. The van der Waals surface area contributed by atoms with E-state index in [-0.39, 0.29) is 10.6 Å². The summed E-state index contributed by atoms with van der Waals surface area (Å²) >= 11 is 0. The van der Waals surface area contributed by atoms with Crippen LogP contribution in [0.25, 0.3) is 21.8 Å². The van der Waals surface area contributed by atoms with Gasteiger partial charge in [0.1, 0.15) is 11.9 Å². The fourth-order valence-corrected chi connectivity index (χ4v) is 5.73. The third-order valence-electron chi connectivity index (χ3n) is 5.88. The van der Waals surface area contributed by atoms with E-state index in [1.165, 1.54) is 3.97 Å². The van der Waals surface area contributed by atoms with Crippen LogP contribution in [0, 0.1) is 0 Å². The van der Waals surface area contributed by atoms with Crippen molar-refractivity contribution in [2.75, 3.05) is 7.11 Å². The number of hydrogen-bond donors (Lipinski definition) is 2. The number of rotatable bonds is 6. The molecule has 1 unspecified atom stereocenters. The van der Waals surface area contributed by atoms with Crippen LogP contribution in [0.5, 0.6) is 5.75 Å². The number of nitrogens with zero attached hydrogens (tertiary/aromatic N) is 2. The maximum Gasteiger partial charge on any atom is 0.268 e. The molecule has 2 N–H and O–H groups in total. The van der Waals surface area contributed by atoms with Gasteiger partial charge >= 0.3 is 0 Å². The van der Waals surface area contributed by atoms with E-state index in [0.29, 0.717) is 22.2 Å². The second kappa shape index (κ2) is 8.06. The number of aryl methyl sites for hydroxylation is 1. The molecule has 0 aliphatic rings.